The summed E-state index contributed by atoms with van der Waals surface area (Å²) in [6.07, 6.45) is 3.05. The van der Waals surface area contributed by atoms with Crippen LogP contribution in [0.4, 0.5) is 14.6 Å². The van der Waals surface area contributed by atoms with Gasteiger partial charge in [0.25, 0.3) is 0 Å². The Balaban J connectivity index is 1.24. The van der Waals surface area contributed by atoms with E-state index >= 15 is 8.78 Å². The molecule has 194 valence electrons. The van der Waals surface area contributed by atoms with Crippen molar-refractivity contribution in [2.45, 2.75) is 31.6 Å². The first kappa shape index (κ1) is 23.5. The molecule has 7 rings (SSSR count). The molecule has 0 bridgehead atoms. The third-order valence-corrected chi connectivity index (χ3v) is 9.06. The van der Waals surface area contributed by atoms with Crippen LogP contribution in [-0.4, -0.2) is 89.4 Å². The molecule has 37 heavy (non-hydrogen) atoms. The maximum atomic E-state index is 15.2. The number of morpholine rings is 1. The highest BCUT2D eigenvalue weighted by Crippen LogP contribution is 2.37. The van der Waals surface area contributed by atoms with Crippen LogP contribution in [-0.2, 0) is 11.3 Å². The zero-order chi connectivity index (χ0) is 24.9. The molecule has 0 spiro atoms. The Labute approximate surface area is 218 Å². The number of anilines is 1. The van der Waals surface area contributed by atoms with Crippen LogP contribution in [0.2, 0.25) is 0 Å². The Morgan fingerprint density at radius 2 is 1.95 bits per heavy atom. The smallest absolute Gasteiger partial charge is 0.165 e. The number of hydrogen-bond donors (Lipinski definition) is 1. The highest BCUT2D eigenvalue weighted by molar-refractivity contribution is 7.19. The van der Waals surface area contributed by atoms with Gasteiger partial charge >= 0.3 is 0 Å². The normalized spacial score (nSPS) is 23.7. The van der Waals surface area contributed by atoms with Crippen LogP contribution in [0.3, 0.4) is 0 Å². The van der Waals surface area contributed by atoms with Gasteiger partial charge in [-0.2, -0.15) is 0 Å². The van der Waals surface area contributed by atoms with E-state index in [4.69, 9.17) is 14.7 Å². The van der Waals surface area contributed by atoms with Gasteiger partial charge < -0.3 is 14.6 Å². The fourth-order valence-corrected chi connectivity index (χ4v) is 7.04. The molecule has 3 fully saturated rings. The number of nitrogens with one attached hydrogen (secondary N) is 1. The van der Waals surface area contributed by atoms with E-state index in [9.17, 15) is 0 Å². The van der Waals surface area contributed by atoms with E-state index in [0.717, 1.165) is 71.0 Å². The van der Waals surface area contributed by atoms with Gasteiger partial charge in [0.15, 0.2) is 11.6 Å². The van der Waals surface area contributed by atoms with Crippen molar-refractivity contribution in [2.24, 2.45) is 0 Å². The van der Waals surface area contributed by atoms with Crippen molar-refractivity contribution >= 4 is 38.3 Å². The van der Waals surface area contributed by atoms with Gasteiger partial charge in [-0.05, 0) is 50.2 Å². The summed E-state index contributed by atoms with van der Waals surface area (Å²) in [5.41, 5.74) is 2.07. The van der Waals surface area contributed by atoms with Crippen LogP contribution in [0.15, 0.2) is 30.5 Å². The van der Waals surface area contributed by atoms with E-state index in [2.05, 4.69) is 25.8 Å². The van der Waals surface area contributed by atoms with E-state index in [1.165, 1.54) is 12.5 Å². The summed E-state index contributed by atoms with van der Waals surface area (Å²) in [7, 11) is 0. The molecule has 3 aliphatic rings. The van der Waals surface area contributed by atoms with Crippen LogP contribution < -0.4 is 4.90 Å². The van der Waals surface area contributed by atoms with E-state index in [-0.39, 0.29) is 11.9 Å². The van der Waals surface area contributed by atoms with Crippen LogP contribution in [0, 0.1) is 5.82 Å². The molecule has 0 radical (unpaired) electrons. The Kier molecular flexibility index (Phi) is 6.07. The molecule has 0 amide bonds. The van der Waals surface area contributed by atoms with Crippen molar-refractivity contribution in [2.75, 3.05) is 57.4 Å². The highest BCUT2D eigenvalue weighted by Gasteiger charge is 2.35. The number of alkyl halides is 1. The van der Waals surface area contributed by atoms with Gasteiger partial charge in [0.05, 0.1) is 29.0 Å². The zero-order valence-corrected chi connectivity index (χ0v) is 21.4. The van der Waals surface area contributed by atoms with Crippen molar-refractivity contribution in [1.29, 1.82) is 0 Å². The van der Waals surface area contributed by atoms with Crippen LogP contribution >= 0.6 is 11.3 Å². The lowest BCUT2D eigenvalue weighted by molar-refractivity contribution is 0.00228. The van der Waals surface area contributed by atoms with Crippen LogP contribution in [0.5, 0.6) is 0 Å². The molecule has 0 unspecified atom stereocenters. The van der Waals surface area contributed by atoms with Crippen molar-refractivity contribution in [3.8, 4) is 11.4 Å². The summed E-state index contributed by atoms with van der Waals surface area (Å²) in [5, 5.41) is 0.766. The predicted octanol–water partition coefficient (Wildman–Crippen LogP) is 4.43. The number of ether oxygens (including phenoxy) is 1. The van der Waals surface area contributed by atoms with Crippen molar-refractivity contribution in [3.05, 3.63) is 41.2 Å². The molecule has 3 aliphatic heterocycles. The number of rotatable bonds is 5. The van der Waals surface area contributed by atoms with E-state index in [1.807, 2.05) is 6.07 Å². The first-order chi connectivity index (χ1) is 18.1. The lowest BCUT2D eigenvalue weighted by Gasteiger charge is -2.44. The third-order valence-electron chi connectivity index (χ3n) is 7.95. The number of H-pyrrole nitrogens is 1. The number of fused-ring (bicyclic) bond motifs is 2. The molecule has 7 nitrogen and oxygen atoms in total. The number of aromatic nitrogens is 3. The summed E-state index contributed by atoms with van der Waals surface area (Å²) >= 11 is 1.67. The summed E-state index contributed by atoms with van der Waals surface area (Å²) in [6.45, 7) is 6.82. The van der Waals surface area contributed by atoms with E-state index in [0.29, 0.717) is 37.7 Å². The highest BCUT2D eigenvalue weighted by atomic mass is 32.1. The second-order valence-electron chi connectivity index (χ2n) is 10.3. The lowest BCUT2D eigenvalue weighted by atomic mass is 9.98. The molecule has 4 aromatic rings. The first-order valence-electron chi connectivity index (χ1n) is 13.1. The minimum atomic E-state index is -0.816. The number of aromatic amines is 1. The molecular weight excluding hydrogens is 494 g/mol. The number of likely N-dealkylation sites (tertiary alicyclic amines) is 2. The van der Waals surface area contributed by atoms with Gasteiger partial charge in [0, 0.05) is 60.7 Å². The Morgan fingerprint density at radius 1 is 1.08 bits per heavy atom. The van der Waals surface area contributed by atoms with E-state index < -0.39 is 6.17 Å². The SMILES string of the molecule is Fc1ccc2[nH]ccc2c1-c1nc(N2CCOCC2)c2sc(CN3CC[C@H](N4CCC4)[C@H](F)C3)cc2n1. The number of thiophene rings is 1. The topological polar surface area (TPSA) is 60.5 Å². The monoisotopic (exact) mass is 524 g/mol. The van der Waals surface area contributed by atoms with Gasteiger partial charge in [-0.1, -0.05) is 0 Å². The van der Waals surface area contributed by atoms with Gasteiger partial charge in [-0.15, -0.1) is 11.3 Å². The average Bonchev–Trinajstić information content (AvgIpc) is 3.51. The maximum absolute atomic E-state index is 15.2. The largest absolute Gasteiger partial charge is 0.378 e. The van der Waals surface area contributed by atoms with Crippen LogP contribution in [0.25, 0.3) is 32.5 Å². The van der Waals surface area contributed by atoms with Crippen LogP contribution in [0.1, 0.15) is 17.7 Å². The molecule has 1 aromatic carbocycles. The summed E-state index contributed by atoms with van der Waals surface area (Å²) < 4.78 is 36.7. The summed E-state index contributed by atoms with van der Waals surface area (Å²) in [5.74, 6) is 0.875. The fraction of sp³-hybridized carbons (Fsp3) is 0.481. The Morgan fingerprint density at radius 3 is 2.73 bits per heavy atom. The first-order valence-corrected chi connectivity index (χ1v) is 14.0. The number of piperidine rings is 1. The number of hydrogen-bond acceptors (Lipinski definition) is 7. The van der Waals surface area contributed by atoms with E-state index in [1.54, 1.807) is 23.6 Å². The number of halogens is 2. The molecular formula is C27H30F2N6OS. The molecule has 0 saturated carbocycles. The minimum absolute atomic E-state index is 0.0693. The lowest BCUT2D eigenvalue weighted by Crippen LogP contribution is -2.56. The van der Waals surface area contributed by atoms with Gasteiger partial charge in [-0.3, -0.25) is 9.80 Å². The van der Waals surface area contributed by atoms with Crippen molar-refractivity contribution in [1.82, 2.24) is 24.8 Å². The fourth-order valence-electron chi connectivity index (χ4n) is 5.88. The van der Waals surface area contributed by atoms with Crippen molar-refractivity contribution < 1.29 is 13.5 Å². The Bertz CT molecular complexity index is 1430. The van der Waals surface area contributed by atoms with Gasteiger partial charge in [0.1, 0.15) is 12.0 Å². The molecule has 0 aliphatic carbocycles. The maximum Gasteiger partial charge on any atom is 0.165 e. The summed E-state index contributed by atoms with van der Waals surface area (Å²) in [6, 6.07) is 7.22. The quantitative estimate of drug-likeness (QED) is 0.417. The molecule has 2 atom stereocenters. The second-order valence-corrected chi connectivity index (χ2v) is 11.4. The zero-order valence-electron chi connectivity index (χ0n) is 20.6. The standard InChI is InChI=1S/C27H30F2N6OS/c28-19-2-3-21-18(4-6-30-21)24(19)26-31-22-14-17(37-25(22)27(32-26)35-10-12-36-13-11-35)15-33-9-5-23(20(29)16-33)34-7-1-8-34/h2-4,6,14,20,23,30H,1,5,7-13,15-16H2/t20-,23+/m1/s1. The van der Waals surface area contributed by atoms with Crippen molar-refractivity contribution in [3.63, 3.8) is 0 Å². The average molecular weight is 525 g/mol. The third kappa shape index (κ3) is 4.29. The number of benzene rings is 1. The Hall–Kier alpha value is -2.66. The molecule has 1 N–H and O–H groups in total. The molecule has 3 aromatic heterocycles. The number of nitrogens with zero attached hydrogens (tertiary/aromatic N) is 5. The summed E-state index contributed by atoms with van der Waals surface area (Å²) in [4.78, 5) is 20.8. The van der Waals surface area contributed by atoms with Gasteiger partial charge in [0.2, 0.25) is 0 Å². The second kappa shape index (κ2) is 9.58. The molecule has 3 saturated heterocycles. The predicted molar refractivity (Wildman–Crippen MR) is 142 cm³/mol. The molecule has 6 heterocycles. The minimum Gasteiger partial charge on any atom is -0.378 e. The molecule has 10 heteroatoms. The van der Waals surface area contributed by atoms with Gasteiger partial charge in [-0.25, -0.2) is 18.7 Å².